The van der Waals surface area contributed by atoms with E-state index in [0.29, 0.717) is 10.5 Å². The van der Waals surface area contributed by atoms with Gasteiger partial charge in [-0.05, 0) is 37.1 Å². The molecule has 0 aliphatic heterocycles. The Morgan fingerprint density at radius 3 is 1.60 bits per heavy atom. The first-order chi connectivity index (χ1) is 5.91. The average Bonchev–Trinajstić information content (AvgIpc) is 1.76. The molecule has 0 heterocycles. The monoisotopic (exact) mass is 231 g/mol. The van der Waals surface area contributed by atoms with Gasteiger partial charge in [0.15, 0.2) is 0 Å². The van der Waals surface area contributed by atoms with Crippen LogP contribution in [0.25, 0.3) is 0 Å². The Kier molecular flexibility index (Phi) is 6.43. The maximum absolute atomic E-state index is 6.07. The quantitative estimate of drug-likeness (QED) is 0.723. The summed E-state index contributed by atoms with van der Waals surface area (Å²) in [4.78, 5) is 0. The Morgan fingerprint density at radius 2 is 1.33 bits per heavy atom. The minimum Gasteiger partial charge on any atom is -0.326 e. The van der Waals surface area contributed by atoms with Gasteiger partial charge in [0.25, 0.3) is 0 Å². The van der Waals surface area contributed by atoms with Crippen LogP contribution < -0.4 is 5.73 Å². The summed E-state index contributed by atoms with van der Waals surface area (Å²) < 4.78 is 0. The zero-order valence-electron chi connectivity index (χ0n) is 11.2. The molecule has 0 amide bonds. The maximum Gasteiger partial charge on any atom is 0.0102 e. The molecule has 2 N–H and O–H groups in total. The summed E-state index contributed by atoms with van der Waals surface area (Å²) in [6.07, 6.45) is 3.74. The lowest BCUT2D eigenvalue weighted by Gasteiger charge is -2.34. The average molecular weight is 231 g/mol. The van der Waals surface area contributed by atoms with Gasteiger partial charge in [0.1, 0.15) is 0 Å². The lowest BCUT2D eigenvalue weighted by Crippen LogP contribution is -2.37. The number of hydrogen-bond donors (Lipinski definition) is 1. The summed E-state index contributed by atoms with van der Waals surface area (Å²) in [5.74, 6) is 0. The van der Waals surface area contributed by atoms with E-state index in [9.17, 15) is 0 Å². The van der Waals surface area contributed by atoms with Crippen molar-refractivity contribution in [2.75, 3.05) is 0 Å². The van der Waals surface area contributed by atoms with Gasteiger partial charge in [-0.1, -0.05) is 41.5 Å². The molecule has 0 spiro atoms. The van der Waals surface area contributed by atoms with E-state index in [0.717, 1.165) is 6.42 Å². The van der Waals surface area contributed by atoms with Crippen LogP contribution in [0.3, 0.4) is 0 Å². The van der Waals surface area contributed by atoms with Crippen LogP contribution in [0, 0.1) is 5.41 Å². The highest BCUT2D eigenvalue weighted by molar-refractivity contribution is 6.14. The van der Waals surface area contributed by atoms with Crippen molar-refractivity contribution in [3.05, 3.63) is 0 Å². The predicted octanol–water partition coefficient (Wildman–Crippen LogP) is 3.12. The second-order valence-corrected chi connectivity index (χ2v) is 10.1. The molecule has 0 atom stereocenters. The highest BCUT2D eigenvalue weighted by Crippen LogP contribution is 2.37. The summed E-state index contributed by atoms with van der Waals surface area (Å²) in [7, 11) is 1.28. The molecule has 0 saturated carbocycles. The molecular weight excluding hydrogens is 198 g/mol. The molecule has 0 radical (unpaired) electrons. The molecule has 1 nitrogen and oxygen atoms in total. The molecule has 0 aliphatic rings. The summed E-state index contributed by atoms with van der Waals surface area (Å²) in [6.45, 7) is 13.7. The van der Waals surface area contributed by atoms with Crippen molar-refractivity contribution in [1.29, 1.82) is 0 Å². The number of nitrogens with two attached hydrogens (primary N) is 1. The lowest BCUT2D eigenvalue weighted by atomic mass is 9.76. The zero-order chi connectivity index (χ0) is 11.6. The topological polar surface area (TPSA) is 26.0 Å². The molecule has 15 heavy (non-hydrogen) atoms. The van der Waals surface area contributed by atoms with E-state index in [-0.39, 0.29) is 13.0 Å². The first-order valence-electron chi connectivity index (χ1n) is 5.70. The Bertz CT molecular complexity index is 172. The van der Waals surface area contributed by atoms with Crippen molar-refractivity contribution in [3.63, 3.8) is 0 Å². The smallest absolute Gasteiger partial charge is 0.0102 e. The molecule has 0 aromatic rings. The van der Waals surface area contributed by atoms with E-state index in [1.807, 2.05) is 0 Å². The van der Waals surface area contributed by atoms with Gasteiger partial charge in [0.05, 0.1) is 0 Å². The Morgan fingerprint density at radius 1 is 0.933 bits per heavy atom. The maximum atomic E-state index is 6.07. The van der Waals surface area contributed by atoms with E-state index in [1.165, 1.54) is 23.1 Å². The van der Waals surface area contributed by atoms with E-state index < -0.39 is 0 Å². The van der Waals surface area contributed by atoms with Gasteiger partial charge in [0.2, 0.25) is 0 Å². The highest BCUT2D eigenvalue weighted by Gasteiger charge is 2.27. The molecule has 0 rings (SSSR count). The van der Waals surface area contributed by atoms with E-state index in [4.69, 9.17) is 5.73 Å². The molecule has 2 heteroatoms. The first-order valence-corrected chi connectivity index (χ1v) is 6.70. The minimum atomic E-state index is -0.0290. The Labute approximate surface area is 101 Å². The third kappa shape index (κ3) is 12.1. The summed E-state index contributed by atoms with van der Waals surface area (Å²) in [6, 6.07) is 0. The Balaban J connectivity index is 0. The third-order valence-corrected chi connectivity index (χ3v) is 2.99. The number of rotatable bonds is 5. The van der Waals surface area contributed by atoms with E-state index in [2.05, 4.69) is 41.5 Å². The summed E-state index contributed by atoms with van der Waals surface area (Å²) in [5, 5.41) is 0.579. The van der Waals surface area contributed by atoms with Crippen molar-refractivity contribution in [2.45, 2.75) is 78.8 Å². The largest absolute Gasteiger partial charge is 0.326 e. The van der Waals surface area contributed by atoms with Crippen molar-refractivity contribution in [1.82, 2.24) is 0 Å². The van der Waals surface area contributed by atoms with Gasteiger partial charge in [-0.2, -0.15) is 0 Å². The van der Waals surface area contributed by atoms with Gasteiger partial charge < -0.3 is 5.73 Å². The van der Waals surface area contributed by atoms with E-state index in [1.54, 1.807) is 0 Å². The van der Waals surface area contributed by atoms with Crippen LogP contribution in [0.15, 0.2) is 0 Å². The molecule has 0 aliphatic carbocycles. The van der Waals surface area contributed by atoms with Crippen LogP contribution in [0.2, 0.25) is 5.04 Å². The molecule has 0 aromatic heterocycles. The number of hydrogen-bond acceptors (Lipinski definition) is 1. The predicted molar refractivity (Wildman–Crippen MR) is 76.6 cm³/mol. The van der Waals surface area contributed by atoms with Crippen LogP contribution in [-0.2, 0) is 0 Å². The van der Waals surface area contributed by atoms with Gasteiger partial charge in [-0.25, -0.2) is 0 Å². The van der Waals surface area contributed by atoms with Crippen LogP contribution in [0.1, 0.15) is 68.2 Å². The third-order valence-electron chi connectivity index (χ3n) is 2.49. The van der Waals surface area contributed by atoms with Crippen LogP contribution in [-0.4, -0.2) is 15.8 Å². The van der Waals surface area contributed by atoms with Gasteiger partial charge in [-0.15, -0.1) is 0 Å². The molecular formula is C13H33NSi. The SMILES string of the molecule is C.CC(C)(N)CC(C)(C)CCC(C)(C)[SiH3]. The Hall–Kier alpha value is 0.177. The fraction of sp³-hybridized carbons (Fsp3) is 1.00. The molecule has 94 valence electrons. The molecule has 0 saturated heterocycles. The molecule has 0 unspecified atom stereocenters. The summed E-state index contributed by atoms with van der Waals surface area (Å²) in [5.41, 5.74) is 6.43. The van der Waals surface area contributed by atoms with Gasteiger partial charge in [-0.3, -0.25) is 0 Å². The van der Waals surface area contributed by atoms with Crippen LogP contribution >= 0.6 is 0 Å². The fourth-order valence-electron chi connectivity index (χ4n) is 2.04. The zero-order valence-corrected chi connectivity index (χ0v) is 13.2. The lowest BCUT2D eigenvalue weighted by molar-refractivity contribution is 0.228. The second kappa shape index (κ2) is 5.49. The van der Waals surface area contributed by atoms with Crippen molar-refractivity contribution in [2.24, 2.45) is 11.1 Å². The van der Waals surface area contributed by atoms with Crippen molar-refractivity contribution >= 4 is 10.2 Å². The molecule has 0 fully saturated rings. The van der Waals surface area contributed by atoms with Gasteiger partial charge >= 0.3 is 0 Å². The highest BCUT2D eigenvalue weighted by atomic mass is 28.1. The standard InChI is InChI=1S/C12H29NSi.CH4/c1-10(2,9-11(3,4)13)7-8-12(5,6)14;/h7-9,13H2,1-6,14H3;1H4. The van der Waals surface area contributed by atoms with Crippen molar-refractivity contribution in [3.8, 4) is 0 Å². The van der Waals surface area contributed by atoms with Crippen LogP contribution in [0.4, 0.5) is 0 Å². The molecule has 0 bridgehead atoms. The van der Waals surface area contributed by atoms with Crippen LogP contribution in [0.5, 0.6) is 0 Å². The van der Waals surface area contributed by atoms with Crippen molar-refractivity contribution < 1.29 is 0 Å². The fourth-order valence-corrected chi connectivity index (χ4v) is 2.29. The molecule has 0 aromatic carbocycles. The minimum absolute atomic E-state index is 0. The normalized spacial score (nSPS) is 13.8. The second-order valence-electron chi connectivity index (χ2n) is 7.39. The van der Waals surface area contributed by atoms with Gasteiger partial charge in [0, 0.05) is 15.8 Å². The first kappa shape index (κ1) is 17.6. The summed E-state index contributed by atoms with van der Waals surface area (Å²) >= 11 is 0. The van der Waals surface area contributed by atoms with E-state index >= 15 is 0 Å².